The van der Waals surface area contributed by atoms with Gasteiger partial charge < -0.3 is 4.90 Å². The third-order valence-electron chi connectivity index (χ3n) is 2.05. The lowest BCUT2D eigenvalue weighted by Crippen LogP contribution is -2.21. The van der Waals surface area contributed by atoms with Crippen molar-refractivity contribution in [1.82, 2.24) is 4.90 Å². The van der Waals surface area contributed by atoms with Gasteiger partial charge in [0.1, 0.15) is 5.03 Å². The van der Waals surface area contributed by atoms with Gasteiger partial charge in [0.15, 0.2) is 0 Å². The summed E-state index contributed by atoms with van der Waals surface area (Å²) in [6.07, 6.45) is 8.44. The summed E-state index contributed by atoms with van der Waals surface area (Å²) in [6.45, 7) is 0. The Balaban J connectivity index is 2.43. The molecule has 0 saturated carbocycles. The number of nitrogens with zero attached hydrogens (tertiary/aromatic N) is 1. The van der Waals surface area contributed by atoms with Crippen molar-refractivity contribution in [3.05, 3.63) is 45.1 Å². The van der Waals surface area contributed by atoms with Crippen molar-refractivity contribution in [3.8, 4) is 0 Å². The van der Waals surface area contributed by atoms with Crippen molar-refractivity contribution in [1.29, 1.82) is 0 Å². The van der Waals surface area contributed by atoms with Gasteiger partial charge in [0.05, 0.1) is 4.53 Å². The van der Waals surface area contributed by atoms with Crippen molar-refractivity contribution in [2.24, 2.45) is 0 Å². The molecule has 0 amide bonds. The molecule has 3 heterocycles. The Bertz CT molecular complexity index is 507. The van der Waals surface area contributed by atoms with E-state index in [9.17, 15) is 0 Å². The second-order valence-electron chi connectivity index (χ2n) is 2.83. The molecule has 0 saturated heterocycles. The molecule has 1 aromatic rings. The van der Waals surface area contributed by atoms with Crippen molar-refractivity contribution in [3.63, 3.8) is 0 Å². The minimum Gasteiger partial charge on any atom is -0.317 e. The smallest absolute Gasteiger partial charge is 0.101 e. The number of rotatable bonds is 0. The molecule has 3 rings (SSSR count). The Morgan fingerprint density at radius 2 is 2.23 bits per heavy atom. The molecule has 0 bridgehead atoms. The Morgan fingerprint density at radius 1 is 1.23 bits per heavy atom. The molecule has 0 spiro atoms. The maximum atomic E-state index is 2.17. The molecule has 0 radical (unpaired) electrons. The van der Waals surface area contributed by atoms with Crippen LogP contribution in [-0.4, -0.2) is 4.90 Å². The zero-order chi connectivity index (χ0) is 8.67. The highest BCUT2D eigenvalue weighted by molar-refractivity contribution is 8.10. The van der Waals surface area contributed by atoms with E-state index in [-0.39, 0.29) is 0 Å². The molecule has 0 N–H and O–H groups in total. The Morgan fingerprint density at radius 3 is 3.23 bits per heavy atom. The molecular formula is C10H7NS2. The minimum absolute atomic E-state index is 1.33. The van der Waals surface area contributed by atoms with E-state index in [0.717, 1.165) is 0 Å². The standard InChI is InChI=1S/C10H7NS2/c1-2-8-3-6-12-9(8)10-11(4-1)5-7-13-10/h1-7H. The molecule has 2 aliphatic rings. The van der Waals surface area contributed by atoms with Crippen LogP contribution in [-0.2, 0) is 0 Å². The van der Waals surface area contributed by atoms with Crippen LogP contribution in [0, 0.1) is 0 Å². The molecular weight excluding hydrogens is 198 g/mol. The van der Waals surface area contributed by atoms with Gasteiger partial charge in [-0.25, -0.2) is 0 Å². The van der Waals surface area contributed by atoms with E-state index < -0.39 is 0 Å². The third kappa shape index (κ3) is 1.08. The molecule has 1 nitrogen and oxygen atoms in total. The van der Waals surface area contributed by atoms with Gasteiger partial charge in [-0.2, -0.15) is 0 Å². The van der Waals surface area contributed by atoms with Crippen molar-refractivity contribution >= 4 is 34.2 Å². The highest BCUT2D eigenvalue weighted by Crippen LogP contribution is 2.29. The highest BCUT2D eigenvalue weighted by Gasteiger charge is 2.12. The predicted octanol–water partition coefficient (Wildman–Crippen LogP) is 1.64. The summed E-state index contributed by atoms with van der Waals surface area (Å²) in [7, 11) is 0. The van der Waals surface area contributed by atoms with Crippen LogP contribution in [0.1, 0.15) is 0 Å². The first-order chi connectivity index (χ1) is 6.45. The lowest BCUT2D eigenvalue weighted by Gasteiger charge is -2.09. The Labute approximate surface area is 84.4 Å². The van der Waals surface area contributed by atoms with Crippen LogP contribution in [0.25, 0.3) is 11.1 Å². The van der Waals surface area contributed by atoms with Gasteiger partial charge in [0.25, 0.3) is 0 Å². The zero-order valence-electron chi connectivity index (χ0n) is 6.81. The van der Waals surface area contributed by atoms with Gasteiger partial charge in [0.2, 0.25) is 0 Å². The van der Waals surface area contributed by atoms with Gasteiger partial charge in [-0.1, -0.05) is 17.8 Å². The number of hydrogen-bond donors (Lipinski definition) is 0. The van der Waals surface area contributed by atoms with E-state index in [1.807, 2.05) is 0 Å². The first kappa shape index (κ1) is 7.47. The van der Waals surface area contributed by atoms with E-state index in [1.165, 1.54) is 14.8 Å². The van der Waals surface area contributed by atoms with Crippen LogP contribution in [0.5, 0.6) is 0 Å². The first-order valence-corrected chi connectivity index (χ1v) is 5.79. The van der Waals surface area contributed by atoms with Crippen LogP contribution in [0.4, 0.5) is 0 Å². The average Bonchev–Trinajstić information content (AvgIpc) is 2.72. The number of thioether (sulfide) groups is 1. The summed E-state index contributed by atoms with van der Waals surface area (Å²) < 4.78 is 1.38. The van der Waals surface area contributed by atoms with Crippen LogP contribution in [0.2, 0.25) is 0 Å². The normalized spacial score (nSPS) is 18.2. The van der Waals surface area contributed by atoms with E-state index in [4.69, 9.17) is 0 Å². The summed E-state index contributed by atoms with van der Waals surface area (Å²) in [5.74, 6) is 0. The Hall–Kier alpha value is -0.930. The maximum absolute atomic E-state index is 2.17. The molecule has 2 aliphatic heterocycles. The zero-order valence-corrected chi connectivity index (χ0v) is 8.44. The van der Waals surface area contributed by atoms with Crippen molar-refractivity contribution in [2.45, 2.75) is 0 Å². The van der Waals surface area contributed by atoms with E-state index in [2.05, 4.69) is 46.3 Å². The fourth-order valence-electron chi connectivity index (χ4n) is 1.44. The fourth-order valence-corrected chi connectivity index (χ4v) is 3.35. The van der Waals surface area contributed by atoms with Crippen LogP contribution in [0.3, 0.4) is 0 Å². The maximum Gasteiger partial charge on any atom is 0.101 e. The van der Waals surface area contributed by atoms with Crippen molar-refractivity contribution in [2.75, 3.05) is 0 Å². The molecule has 13 heavy (non-hydrogen) atoms. The van der Waals surface area contributed by atoms with Gasteiger partial charge in [0, 0.05) is 12.4 Å². The van der Waals surface area contributed by atoms with E-state index >= 15 is 0 Å². The third-order valence-corrected chi connectivity index (χ3v) is 4.01. The molecule has 0 fully saturated rings. The van der Waals surface area contributed by atoms with Crippen LogP contribution in [0.15, 0.2) is 35.3 Å². The molecule has 1 aromatic heterocycles. The van der Waals surface area contributed by atoms with E-state index in [0.29, 0.717) is 0 Å². The average molecular weight is 205 g/mol. The summed E-state index contributed by atoms with van der Waals surface area (Å²) in [6, 6.07) is 2.17. The molecule has 64 valence electrons. The summed E-state index contributed by atoms with van der Waals surface area (Å²) in [5.41, 5.74) is 0. The SMILES string of the molecule is C1=CN2C=CSC2=c2sccc2=C1. The predicted molar refractivity (Wildman–Crippen MR) is 59.2 cm³/mol. The number of thiophene rings is 1. The van der Waals surface area contributed by atoms with E-state index in [1.54, 1.807) is 23.1 Å². The Kier molecular flexibility index (Phi) is 1.60. The van der Waals surface area contributed by atoms with Gasteiger partial charge >= 0.3 is 0 Å². The summed E-state index contributed by atoms with van der Waals surface area (Å²) >= 11 is 3.59. The topological polar surface area (TPSA) is 3.24 Å². The molecule has 0 aromatic carbocycles. The summed E-state index contributed by atoms with van der Waals surface area (Å²) in [4.78, 5) is 2.17. The molecule has 0 atom stereocenters. The van der Waals surface area contributed by atoms with Gasteiger partial charge in [-0.3, -0.25) is 0 Å². The second-order valence-corrected chi connectivity index (χ2v) is 4.64. The lowest BCUT2D eigenvalue weighted by atomic mass is 10.4. The highest BCUT2D eigenvalue weighted by atomic mass is 32.2. The van der Waals surface area contributed by atoms with Crippen LogP contribution < -0.4 is 9.75 Å². The quantitative estimate of drug-likeness (QED) is 0.633. The largest absolute Gasteiger partial charge is 0.317 e. The monoisotopic (exact) mass is 205 g/mol. The lowest BCUT2D eigenvalue weighted by molar-refractivity contribution is 0.753. The second kappa shape index (κ2) is 2.79. The van der Waals surface area contributed by atoms with Gasteiger partial charge in [-0.15, -0.1) is 11.3 Å². The minimum atomic E-state index is 1.33. The molecule has 3 heteroatoms. The fraction of sp³-hybridized carbons (Fsp3) is 0. The van der Waals surface area contributed by atoms with Crippen molar-refractivity contribution < 1.29 is 0 Å². The van der Waals surface area contributed by atoms with Crippen LogP contribution >= 0.6 is 23.1 Å². The molecule has 0 aliphatic carbocycles. The number of hydrogen-bond acceptors (Lipinski definition) is 3. The number of allylic oxidation sites excluding steroid dienone is 1. The van der Waals surface area contributed by atoms with Gasteiger partial charge in [-0.05, 0) is 28.1 Å². The summed E-state index contributed by atoms with van der Waals surface area (Å²) in [5, 5.41) is 6.92. The first-order valence-electron chi connectivity index (χ1n) is 4.03. The number of fused-ring (bicyclic) bond motifs is 2. The molecule has 0 unspecified atom stereocenters.